The van der Waals surface area contributed by atoms with Crippen molar-refractivity contribution in [3.05, 3.63) is 41.5 Å². The summed E-state index contributed by atoms with van der Waals surface area (Å²) >= 11 is 0. The fraction of sp³-hybridized carbons (Fsp3) is 0. The fourth-order valence-electron chi connectivity index (χ4n) is 1.28. The van der Waals surface area contributed by atoms with Gasteiger partial charge in [0.05, 0.1) is 12.1 Å². The summed E-state index contributed by atoms with van der Waals surface area (Å²) in [5.74, 6) is 0.570. The molecule has 0 saturated heterocycles. The van der Waals surface area contributed by atoms with Gasteiger partial charge in [-0.25, -0.2) is 0 Å². The molecule has 0 aliphatic carbocycles. The standard InChI is InChI=1S/C10H6N2O/c11-6-5-9-7-3-1-2-4-8(7)10(12)13-9/h1-5,12H/b9-5-,12-10?. The predicted molar refractivity (Wildman–Crippen MR) is 47.9 cm³/mol. The minimum atomic E-state index is 0.108. The van der Waals surface area contributed by atoms with Crippen LogP contribution in [0.3, 0.4) is 0 Å². The largest absolute Gasteiger partial charge is 0.438 e. The molecule has 0 bridgehead atoms. The minimum absolute atomic E-state index is 0.108. The van der Waals surface area contributed by atoms with Gasteiger partial charge in [0.1, 0.15) is 5.76 Å². The van der Waals surface area contributed by atoms with Gasteiger partial charge < -0.3 is 4.74 Å². The summed E-state index contributed by atoms with van der Waals surface area (Å²) in [6.07, 6.45) is 1.31. The zero-order valence-corrected chi connectivity index (χ0v) is 6.74. The van der Waals surface area contributed by atoms with E-state index in [1.807, 2.05) is 24.3 Å². The molecule has 3 heteroatoms. The van der Waals surface area contributed by atoms with E-state index in [2.05, 4.69) is 0 Å². The van der Waals surface area contributed by atoms with Crippen LogP contribution in [0.4, 0.5) is 0 Å². The molecule has 1 heterocycles. The molecule has 0 amide bonds. The Morgan fingerprint density at radius 3 is 2.69 bits per heavy atom. The molecule has 0 aromatic heterocycles. The number of rotatable bonds is 0. The first-order chi connectivity index (χ1) is 6.33. The maximum absolute atomic E-state index is 8.46. The molecule has 0 fully saturated rings. The Bertz CT molecular complexity index is 440. The molecule has 0 spiro atoms. The van der Waals surface area contributed by atoms with Gasteiger partial charge >= 0.3 is 0 Å². The lowest BCUT2D eigenvalue weighted by Gasteiger charge is -1.93. The zero-order chi connectivity index (χ0) is 9.26. The average Bonchev–Trinajstić information content (AvgIpc) is 2.46. The topological polar surface area (TPSA) is 56.9 Å². The predicted octanol–water partition coefficient (Wildman–Crippen LogP) is 1.91. The van der Waals surface area contributed by atoms with Crippen molar-refractivity contribution in [3.8, 4) is 6.07 Å². The number of hydrogen-bond acceptors (Lipinski definition) is 3. The molecule has 62 valence electrons. The quantitative estimate of drug-likeness (QED) is 0.604. The summed E-state index contributed by atoms with van der Waals surface area (Å²) < 4.78 is 5.09. The first-order valence-corrected chi connectivity index (χ1v) is 3.79. The van der Waals surface area contributed by atoms with E-state index < -0.39 is 0 Å². The molecular weight excluding hydrogens is 164 g/mol. The lowest BCUT2D eigenvalue weighted by Crippen LogP contribution is -1.92. The molecule has 1 N–H and O–H groups in total. The van der Waals surface area contributed by atoms with Crippen molar-refractivity contribution in [3.63, 3.8) is 0 Å². The SMILES string of the molecule is N#C/C=C1\OC(=N)c2ccccc21. The molecule has 1 aliphatic rings. The molecule has 1 aliphatic heterocycles. The summed E-state index contributed by atoms with van der Waals surface area (Å²) in [5, 5.41) is 15.9. The Morgan fingerprint density at radius 1 is 1.31 bits per heavy atom. The number of hydrogen-bond donors (Lipinski definition) is 1. The minimum Gasteiger partial charge on any atom is -0.438 e. The van der Waals surface area contributed by atoms with E-state index in [0.29, 0.717) is 5.76 Å². The van der Waals surface area contributed by atoms with E-state index in [1.54, 1.807) is 6.07 Å². The Hall–Kier alpha value is -2.08. The van der Waals surface area contributed by atoms with Crippen LogP contribution in [-0.4, -0.2) is 5.90 Å². The average molecular weight is 170 g/mol. The van der Waals surface area contributed by atoms with Gasteiger partial charge in [-0.1, -0.05) is 18.2 Å². The highest BCUT2D eigenvalue weighted by atomic mass is 16.5. The first kappa shape index (κ1) is 7.56. The van der Waals surface area contributed by atoms with Crippen molar-refractivity contribution in [2.75, 3.05) is 0 Å². The maximum Gasteiger partial charge on any atom is 0.220 e. The highest BCUT2D eigenvalue weighted by Gasteiger charge is 2.22. The van der Waals surface area contributed by atoms with Gasteiger partial charge in [-0.05, 0) is 6.07 Å². The number of nitriles is 1. The monoisotopic (exact) mass is 170 g/mol. The molecule has 1 aromatic carbocycles. The smallest absolute Gasteiger partial charge is 0.220 e. The summed E-state index contributed by atoms with van der Waals surface area (Å²) in [6.45, 7) is 0. The van der Waals surface area contributed by atoms with Crippen molar-refractivity contribution in [2.45, 2.75) is 0 Å². The van der Waals surface area contributed by atoms with E-state index >= 15 is 0 Å². The third kappa shape index (κ3) is 1.09. The normalized spacial score (nSPS) is 16.5. The fourth-order valence-corrected chi connectivity index (χ4v) is 1.28. The first-order valence-electron chi connectivity index (χ1n) is 3.79. The molecular formula is C10H6N2O. The van der Waals surface area contributed by atoms with Crippen LogP contribution >= 0.6 is 0 Å². The van der Waals surface area contributed by atoms with E-state index in [9.17, 15) is 0 Å². The zero-order valence-electron chi connectivity index (χ0n) is 6.74. The van der Waals surface area contributed by atoms with Crippen LogP contribution < -0.4 is 0 Å². The number of allylic oxidation sites excluding steroid dienone is 1. The van der Waals surface area contributed by atoms with Crippen LogP contribution in [0.2, 0.25) is 0 Å². The lowest BCUT2D eigenvalue weighted by atomic mass is 10.1. The highest BCUT2D eigenvalue weighted by Crippen LogP contribution is 2.28. The van der Waals surface area contributed by atoms with Gasteiger partial charge in [-0.15, -0.1) is 0 Å². The summed E-state index contributed by atoms with van der Waals surface area (Å²) in [7, 11) is 0. The highest BCUT2D eigenvalue weighted by molar-refractivity contribution is 6.04. The lowest BCUT2D eigenvalue weighted by molar-refractivity contribution is 0.521. The second-order valence-corrected chi connectivity index (χ2v) is 2.61. The second kappa shape index (κ2) is 2.76. The van der Waals surface area contributed by atoms with E-state index in [1.165, 1.54) is 6.08 Å². The van der Waals surface area contributed by atoms with Crippen molar-refractivity contribution in [1.82, 2.24) is 0 Å². The molecule has 0 radical (unpaired) electrons. The van der Waals surface area contributed by atoms with Crippen LogP contribution in [-0.2, 0) is 4.74 Å². The Balaban J connectivity index is 2.61. The van der Waals surface area contributed by atoms with Crippen molar-refractivity contribution >= 4 is 11.7 Å². The third-order valence-electron chi connectivity index (χ3n) is 1.84. The summed E-state index contributed by atoms with van der Waals surface area (Å²) in [4.78, 5) is 0. The molecule has 2 rings (SSSR count). The summed E-state index contributed by atoms with van der Waals surface area (Å²) in [6, 6.07) is 9.21. The second-order valence-electron chi connectivity index (χ2n) is 2.61. The van der Waals surface area contributed by atoms with Gasteiger partial charge in [0.2, 0.25) is 5.90 Å². The number of fused-ring (bicyclic) bond motifs is 1. The van der Waals surface area contributed by atoms with Gasteiger partial charge in [0.15, 0.2) is 0 Å². The van der Waals surface area contributed by atoms with E-state index in [-0.39, 0.29) is 5.90 Å². The molecule has 3 nitrogen and oxygen atoms in total. The Morgan fingerprint density at radius 2 is 2.00 bits per heavy atom. The number of benzene rings is 1. The van der Waals surface area contributed by atoms with Crippen LogP contribution in [0.1, 0.15) is 11.1 Å². The van der Waals surface area contributed by atoms with E-state index in [0.717, 1.165) is 11.1 Å². The van der Waals surface area contributed by atoms with Crippen LogP contribution in [0, 0.1) is 16.7 Å². The van der Waals surface area contributed by atoms with Gasteiger partial charge in [-0.3, -0.25) is 5.41 Å². The van der Waals surface area contributed by atoms with Gasteiger partial charge in [0.25, 0.3) is 0 Å². The molecule has 13 heavy (non-hydrogen) atoms. The number of nitrogens with zero attached hydrogens (tertiary/aromatic N) is 1. The van der Waals surface area contributed by atoms with E-state index in [4.69, 9.17) is 15.4 Å². The summed E-state index contributed by atoms with van der Waals surface area (Å²) in [5.41, 5.74) is 1.55. The van der Waals surface area contributed by atoms with Crippen molar-refractivity contribution in [2.24, 2.45) is 0 Å². The molecule has 0 saturated carbocycles. The maximum atomic E-state index is 8.46. The van der Waals surface area contributed by atoms with Crippen LogP contribution in [0.25, 0.3) is 5.76 Å². The van der Waals surface area contributed by atoms with Crippen molar-refractivity contribution < 1.29 is 4.74 Å². The van der Waals surface area contributed by atoms with Crippen molar-refractivity contribution in [1.29, 1.82) is 10.7 Å². The van der Waals surface area contributed by atoms with Crippen LogP contribution in [0.5, 0.6) is 0 Å². The number of ether oxygens (including phenoxy) is 1. The third-order valence-corrected chi connectivity index (χ3v) is 1.84. The van der Waals surface area contributed by atoms with Gasteiger partial charge in [0, 0.05) is 11.1 Å². The molecule has 0 unspecified atom stereocenters. The Labute approximate surface area is 75.4 Å². The Kier molecular flexibility index (Phi) is 1.60. The number of nitrogens with one attached hydrogen (secondary N) is 1. The van der Waals surface area contributed by atoms with Gasteiger partial charge in [-0.2, -0.15) is 5.26 Å². The molecule has 1 aromatic rings. The molecule has 0 atom stereocenters. The van der Waals surface area contributed by atoms with Crippen LogP contribution in [0.15, 0.2) is 30.3 Å².